The third-order valence-corrected chi connectivity index (χ3v) is 3.68. The Hall–Kier alpha value is -3.06. The largest absolute Gasteiger partial charge is 0.198 e. The Balaban J connectivity index is 4.87. The van der Waals surface area contributed by atoms with Crippen LogP contribution in [-0.4, -0.2) is 0 Å². The lowest BCUT2D eigenvalue weighted by Crippen LogP contribution is -2.38. The van der Waals surface area contributed by atoms with Gasteiger partial charge in [-0.15, -0.1) is 0 Å². The van der Waals surface area contributed by atoms with Crippen molar-refractivity contribution < 1.29 is 0 Å². The van der Waals surface area contributed by atoms with E-state index in [1.165, 1.54) is 0 Å². The SMILES string of the molecule is N#CCCCCCCCC(C#N)(C#N)C(C#N)(C#N)CC#N. The van der Waals surface area contributed by atoms with E-state index in [1.807, 2.05) is 0 Å². The van der Waals surface area contributed by atoms with Crippen LogP contribution in [0.5, 0.6) is 0 Å². The van der Waals surface area contributed by atoms with Crippen LogP contribution < -0.4 is 0 Å². The van der Waals surface area contributed by atoms with Crippen LogP contribution in [0.2, 0.25) is 0 Å². The second-order valence-corrected chi connectivity index (χ2v) is 5.02. The highest BCUT2D eigenvalue weighted by atomic mass is 14.6. The van der Waals surface area contributed by atoms with Gasteiger partial charge in [-0.2, -0.15) is 31.6 Å². The molecule has 0 aromatic heterocycles. The number of hydrogen-bond donors (Lipinski definition) is 0. The summed E-state index contributed by atoms with van der Waals surface area (Å²) in [6.45, 7) is 0. The van der Waals surface area contributed by atoms with Crippen LogP contribution in [0.25, 0.3) is 0 Å². The Morgan fingerprint density at radius 1 is 0.545 bits per heavy atom. The Morgan fingerprint density at radius 2 is 1.05 bits per heavy atom. The van der Waals surface area contributed by atoms with E-state index in [-0.39, 0.29) is 6.42 Å². The van der Waals surface area contributed by atoms with Crippen LogP contribution >= 0.6 is 0 Å². The van der Waals surface area contributed by atoms with Crippen LogP contribution in [0.15, 0.2) is 0 Å². The maximum absolute atomic E-state index is 9.35. The molecule has 0 N–H and O–H groups in total. The minimum Gasteiger partial charge on any atom is -0.198 e. The van der Waals surface area contributed by atoms with Crippen molar-refractivity contribution in [2.45, 2.75) is 51.4 Å². The second-order valence-electron chi connectivity index (χ2n) is 5.02. The maximum atomic E-state index is 9.35. The molecule has 110 valence electrons. The molecule has 6 heteroatoms. The van der Waals surface area contributed by atoms with Crippen LogP contribution in [-0.2, 0) is 0 Å². The first-order valence-electron chi connectivity index (χ1n) is 7.01. The van der Waals surface area contributed by atoms with Crippen molar-refractivity contribution in [3.05, 3.63) is 0 Å². The van der Waals surface area contributed by atoms with Crippen LogP contribution in [0.4, 0.5) is 0 Å². The summed E-state index contributed by atoms with van der Waals surface area (Å²) in [5.74, 6) is 0. The fraction of sp³-hybridized carbons (Fsp3) is 0.625. The number of nitrogens with zero attached hydrogens (tertiary/aromatic N) is 6. The van der Waals surface area contributed by atoms with Gasteiger partial charge in [0.1, 0.15) is 0 Å². The molecule has 0 aliphatic carbocycles. The molecule has 0 rings (SSSR count). The predicted molar refractivity (Wildman–Crippen MR) is 75.5 cm³/mol. The smallest absolute Gasteiger partial charge is 0.188 e. The molecule has 0 amide bonds. The summed E-state index contributed by atoms with van der Waals surface area (Å²) in [6, 6.07) is 10.8. The first-order chi connectivity index (χ1) is 10.6. The van der Waals surface area contributed by atoms with Gasteiger partial charge in [-0.05, 0) is 12.8 Å². The molecule has 22 heavy (non-hydrogen) atoms. The Bertz CT molecular complexity index is 580. The quantitative estimate of drug-likeness (QED) is 0.597. The lowest BCUT2D eigenvalue weighted by molar-refractivity contribution is 0.274. The molecule has 0 radical (unpaired) electrons. The van der Waals surface area contributed by atoms with E-state index in [1.54, 1.807) is 30.3 Å². The van der Waals surface area contributed by atoms with Crippen molar-refractivity contribution in [2.75, 3.05) is 0 Å². The van der Waals surface area contributed by atoms with Crippen molar-refractivity contribution in [3.8, 4) is 36.4 Å². The average Bonchev–Trinajstić information content (AvgIpc) is 2.56. The first kappa shape index (κ1) is 18.9. The van der Waals surface area contributed by atoms with Crippen molar-refractivity contribution in [3.63, 3.8) is 0 Å². The van der Waals surface area contributed by atoms with E-state index in [9.17, 15) is 21.0 Å². The van der Waals surface area contributed by atoms with Crippen molar-refractivity contribution in [2.24, 2.45) is 10.8 Å². The number of rotatable bonds is 9. The molecule has 0 fully saturated rings. The standard InChI is InChI=1S/C16H16N6/c17-9-6-4-2-1-3-5-7-15(11-19,12-20)16(13-21,14-22)8-10-18/h1-8H2. The highest BCUT2D eigenvalue weighted by Gasteiger charge is 2.54. The van der Waals surface area contributed by atoms with Gasteiger partial charge in [0.2, 0.25) is 0 Å². The molecule has 0 spiro atoms. The van der Waals surface area contributed by atoms with Gasteiger partial charge in [0.15, 0.2) is 10.8 Å². The average molecular weight is 292 g/mol. The number of hydrogen-bond acceptors (Lipinski definition) is 6. The van der Waals surface area contributed by atoms with Crippen molar-refractivity contribution >= 4 is 0 Å². The highest BCUT2D eigenvalue weighted by molar-refractivity contribution is 5.35. The summed E-state index contributed by atoms with van der Waals surface area (Å²) in [7, 11) is 0. The molecule has 0 heterocycles. The molecule has 0 aliphatic rings. The Labute approximate surface area is 131 Å². The predicted octanol–water partition coefficient (Wildman–Crippen LogP) is 3.22. The zero-order valence-electron chi connectivity index (χ0n) is 12.3. The maximum Gasteiger partial charge on any atom is 0.188 e. The molecule has 0 aromatic rings. The van der Waals surface area contributed by atoms with E-state index in [0.717, 1.165) is 25.7 Å². The summed E-state index contributed by atoms with van der Waals surface area (Å²) in [5.41, 5.74) is -3.72. The number of unbranched alkanes of at least 4 members (excludes halogenated alkanes) is 5. The molecular weight excluding hydrogens is 276 g/mol. The topological polar surface area (TPSA) is 143 Å². The van der Waals surface area contributed by atoms with Gasteiger partial charge in [0.25, 0.3) is 0 Å². The Kier molecular flexibility index (Phi) is 8.42. The Morgan fingerprint density at radius 3 is 1.50 bits per heavy atom. The fourth-order valence-electron chi connectivity index (χ4n) is 2.23. The monoisotopic (exact) mass is 292 g/mol. The van der Waals surface area contributed by atoms with E-state index in [4.69, 9.17) is 10.5 Å². The van der Waals surface area contributed by atoms with E-state index in [0.29, 0.717) is 12.8 Å². The van der Waals surface area contributed by atoms with E-state index >= 15 is 0 Å². The fourth-order valence-corrected chi connectivity index (χ4v) is 2.23. The van der Waals surface area contributed by atoms with Gasteiger partial charge in [-0.25, -0.2) is 0 Å². The molecule has 0 saturated heterocycles. The minimum atomic E-state index is -1.92. The van der Waals surface area contributed by atoms with Gasteiger partial charge in [0, 0.05) is 6.42 Å². The lowest BCUT2D eigenvalue weighted by Gasteiger charge is -2.29. The van der Waals surface area contributed by atoms with Crippen molar-refractivity contribution in [1.82, 2.24) is 0 Å². The first-order valence-corrected chi connectivity index (χ1v) is 7.01. The molecule has 0 bridgehead atoms. The van der Waals surface area contributed by atoms with Crippen LogP contribution in [0, 0.1) is 78.8 Å². The van der Waals surface area contributed by atoms with E-state index in [2.05, 4.69) is 6.07 Å². The van der Waals surface area contributed by atoms with Gasteiger partial charge < -0.3 is 0 Å². The molecular formula is C16H16N6. The summed E-state index contributed by atoms with van der Waals surface area (Å²) in [5, 5.41) is 54.4. The van der Waals surface area contributed by atoms with Gasteiger partial charge >= 0.3 is 0 Å². The summed E-state index contributed by atoms with van der Waals surface area (Å²) in [6.07, 6.45) is 3.95. The minimum absolute atomic E-state index is 0.0844. The molecule has 6 nitrogen and oxygen atoms in total. The van der Waals surface area contributed by atoms with Gasteiger partial charge in [-0.1, -0.05) is 25.7 Å². The second kappa shape index (κ2) is 9.78. The highest BCUT2D eigenvalue weighted by Crippen LogP contribution is 2.44. The van der Waals surface area contributed by atoms with E-state index < -0.39 is 17.3 Å². The molecule has 0 saturated carbocycles. The normalized spacial score (nSPS) is 10.1. The number of nitriles is 6. The molecule has 0 atom stereocenters. The van der Waals surface area contributed by atoms with Crippen LogP contribution in [0.3, 0.4) is 0 Å². The molecule has 0 unspecified atom stereocenters. The molecule has 0 aromatic carbocycles. The van der Waals surface area contributed by atoms with Crippen LogP contribution in [0.1, 0.15) is 51.4 Å². The summed E-state index contributed by atoms with van der Waals surface area (Å²) >= 11 is 0. The molecule has 0 aliphatic heterocycles. The third kappa shape index (κ3) is 4.22. The third-order valence-electron chi connectivity index (χ3n) is 3.68. The zero-order chi connectivity index (χ0) is 16.9. The van der Waals surface area contributed by atoms with Gasteiger partial charge in [0.05, 0.1) is 42.8 Å². The lowest BCUT2D eigenvalue weighted by atomic mass is 9.62. The zero-order valence-corrected chi connectivity index (χ0v) is 12.3. The van der Waals surface area contributed by atoms with Crippen molar-refractivity contribution in [1.29, 1.82) is 31.6 Å². The summed E-state index contributed by atoms with van der Waals surface area (Å²) in [4.78, 5) is 0. The van der Waals surface area contributed by atoms with Gasteiger partial charge in [-0.3, -0.25) is 0 Å². The summed E-state index contributed by atoms with van der Waals surface area (Å²) < 4.78 is 0.